The van der Waals surface area contributed by atoms with E-state index >= 15 is 0 Å². The Kier molecular flexibility index (Phi) is 3.39. The van der Waals surface area contributed by atoms with Crippen LogP contribution in [0.3, 0.4) is 0 Å². The van der Waals surface area contributed by atoms with Gasteiger partial charge in [-0.3, -0.25) is 14.8 Å². The topological polar surface area (TPSA) is 81.8 Å². The molecule has 5 nitrogen and oxygen atoms in total. The Morgan fingerprint density at radius 1 is 0.905 bits per heavy atom. The van der Waals surface area contributed by atoms with Crippen LogP contribution in [0.1, 0.15) is 10.5 Å². The highest BCUT2D eigenvalue weighted by atomic mass is 16.1. The molecule has 3 aromatic heterocycles. The molecule has 0 aliphatic carbocycles. The van der Waals surface area contributed by atoms with Gasteiger partial charge in [0.15, 0.2) is 0 Å². The largest absolute Gasteiger partial charge is 0.364 e. The lowest BCUT2D eigenvalue weighted by Gasteiger charge is -2.09. The van der Waals surface area contributed by atoms with Crippen molar-refractivity contribution in [3.05, 3.63) is 66.9 Å². The normalized spacial score (nSPS) is 10.3. The average Bonchev–Trinajstić information content (AvgIpc) is 2.56. The van der Waals surface area contributed by atoms with Crippen LogP contribution in [0.4, 0.5) is 0 Å². The van der Waals surface area contributed by atoms with E-state index in [-0.39, 0.29) is 5.69 Å². The van der Waals surface area contributed by atoms with Crippen molar-refractivity contribution in [2.45, 2.75) is 0 Å². The Hall–Kier alpha value is -3.08. The quantitative estimate of drug-likeness (QED) is 0.795. The molecule has 2 N–H and O–H groups in total. The van der Waals surface area contributed by atoms with Gasteiger partial charge in [-0.15, -0.1) is 0 Å². The van der Waals surface area contributed by atoms with E-state index in [9.17, 15) is 4.79 Å². The minimum absolute atomic E-state index is 0.224. The number of hydrogen-bond donors (Lipinski definition) is 1. The highest BCUT2D eigenvalue weighted by Crippen LogP contribution is 2.29. The van der Waals surface area contributed by atoms with Gasteiger partial charge in [0, 0.05) is 41.5 Å². The number of carbonyl (C=O) groups excluding carboxylic acids is 1. The molecular formula is C16H12N4O. The van der Waals surface area contributed by atoms with Gasteiger partial charge in [0.25, 0.3) is 5.91 Å². The molecule has 0 radical (unpaired) electrons. The molecule has 3 aromatic rings. The van der Waals surface area contributed by atoms with Crippen LogP contribution in [0.15, 0.2) is 61.2 Å². The molecule has 3 heterocycles. The first kappa shape index (κ1) is 12.9. The molecule has 0 aromatic carbocycles. The van der Waals surface area contributed by atoms with Crippen LogP contribution in [0.25, 0.3) is 22.4 Å². The van der Waals surface area contributed by atoms with Gasteiger partial charge in [-0.2, -0.15) is 0 Å². The molecule has 5 heteroatoms. The number of pyridine rings is 3. The van der Waals surface area contributed by atoms with E-state index in [0.717, 1.165) is 16.7 Å². The van der Waals surface area contributed by atoms with Crippen LogP contribution < -0.4 is 5.73 Å². The minimum atomic E-state index is -0.558. The summed E-state index contributed by atoms with van der Waals surface area (Å²) in [6.07, 6.45) is 6.84. The fourth-order valence-corrected chi connectivity index (χ4v) is 2.07. The monoisotopic (exact) mass is 276 g/mol. The maximum absolute atomic E-state index is 11.4. The smallest absolute Gasteiger partial charge is 0.267 e. The maximum Gasteiger partial charge on any atom is 0.267 e. The number of nitrogens with two attached hydrogens (primary N) is 1. The first-order valence-electron chi connectivity index (χ1n) is 6.37. The molecule has 1 amide bonds. The molecule has 0 atom stereocenters. The van der Waals surface area contributed by atoms with Gasteiger partial charge in [0.05, 0.1) is 5.69 Å². The van der Waals surface area contributed by atoms with Crippen molar-refractivity contribution < 1.29 is 4.79 Å². The van der Waals surface area contributed by atoms with Gasteiger partial charge >= 0.3 is 0 Å². The number of aromatic nitrogens is 3. The summed E-state index contributed by atoms with van der Waals surface area (Å²) >= 11 is 0. The Morgan fingerprint density at radius 2 is 1.57 bits per heavy atom. The molecule has 0 fully saturated rings. The summed E-state index contributed by atoms with van der Waals surface area (Å²) in [5.74, 6) is -0.558. The summed E-state index contributed by atoms with van der Waals surface area (Å²) < 4.78 is 0. The predicted octanol–water partition coefficient (Wildman–Crippen LogP) is 2.30. The van der Waals surface area contributed by atoms with E-state index in [1.165, 1.54) is 0 Å². The standard InChI is InChI=1S/C16H12N4O/c17-16(21)14-6-5-13(11-3-1-7-18-9-11)15(20-14)12-4-2-8-19-10-12/h1-10H,(H2,17,21). The molecule has 0 unspecified atom stereocenters. The van der Waals surface area contributed by atoms with Crippen molar-refractivity contribution in [2.24, 2.45) is 5.73 Å². The number of nitrogens with zero attached hydrogens (tertiary/aromatic N) is 3. The van der Waals surface area contributed by atoms with E-state index in [1.807, 2.05) is 30.3 Å². The molecule has 0 saturated heterocycles. The third-order valence-electron chi connectivity index (χ3n) is 3.06. The highest BCUT2D eigenvalue weighted by molar-refractivity contribution is 5.93. The zero-order valence-corrected chi connectivity index (χ0v) is 11.1. The van der Waals surface area contributed by atoms with Crippen molar-refractivity contribution in [2.75, 3.05) is 0 Å². The van der Waals surface area contributed by atoms with Gasteiger partial charge in [-0.05, 0) is 30.3 Å². The summed E-state index contributed by atoms with van der Waals surface area (Å²) in [5.41, 5.74) is 8.81. The number of amides is 1. The van der Waals surface area contributed by atoms with Crippen molar-refractivity contribution >= 4 is 5.91 Å². The Morgan fingerprint density at radius 3 is 2.14 bits per heavy atom. The average molecular weight is 276 g/mol. The summed E-state index contributed by atoms with van der Waals surface area (Å²) in [5, 5.41) is 0. The van der Waals surface area contributed by atoms with E-state index in [2.05, 4.69) is 15.0 Å². The van der Waals surface area contributed by atoms with Gasteiger partial charge in [0.1, 0.15) is 5.69 Å². The second-order valence-corrected chi connectivity index (χ2v) is 4.44. The zero-order chi connectivity index (χ0) is 14.7. The SMILES string of the molecule is NC(=O)c1ccc(-c2cccnc2)c(-c2cccnc2)n1. The summed E-state index contributed by atoms with van der Waals surface area (Å²) in [4.78, 5) is 24.0. The number of carbonyl (C=O) groups is 1. The molecular weight excluding hydrogens is 264 g/mol. The van der Waals surface area contributed by atoms with Gasteiger partial charge in [-0.25, -0.2) is 4.98 Å². The molecule has 0 aliphatic heterocycles. The van der Waals surface area contributed by atoms with Crippen LogP contribution in [0.5, 0.6) is 0 Å². The van der Waals surface area contributed by atoms with Gasteiger partial charge in [-0.1, -0.05) is 6.07 Å². The van der Waals surface area contributed by atoms with E-state index in [4.69, 9.17) is 5.73 Å². The van der Waals surface area contributed by atoms with Crippen molar-refractivity contribution in [1.29, 1.82) is 0 Å². The van der Waals surface area contributed by atoms with Crippen LogP contribution in [-0.4, -0.2) is 20.9 Å². The number of hydrogen-bond acceptors (Lipinski definition) is 4. The Balaban J connectivity index is 2.23. The summed E-state index contributed by atoms with van der Waals surface area (Å²) in [6.45, 7) is 0. The van der Waals surface area contributed by atoms with Gasteiger partial charge < -0.3 is 5.73 Å². The lowest BCUT2D eigenvalue weighted by atomic mass is 10.0. The van der Waals surface area contributed by atoms with Crippen LogP contribution in [0, 0.1) is 0 Å². The maximum atomic E-state index is 11.4. The molecule has 0 spiro atoms. The number of primary amides is 1. The Bertz CT molecular complexity index is 773. The van der Waals surface area contributed by atoms with Crippen LogP contribution in [-0.2, 0) is 0 Å². The minimum Gasteiger partial charge on any atom is -0.364 e. The number of rotatable bonds is 3. The molecule has 0 saturated carbocycles. The lowest BCUT2D eigenvalue weighted by molar-refractivity contribution is 0.0995. The fraction of sp³-hybridized carbons (Fsp3) is 0. The summed E-state index contributed by atoms with van der Waals surface area (Å²) in [7, 11) is 0. The second kappa shape index (κ2) is 5.50. The molecule has 21 heavy (non-hydrogen) atoms. The van der Waals surface area contributed by atoms with E-state index in [1.54, 1.807) is 30.9 Å². The second-order valence-electron chi connectivity index (χ2n) is 4.44. The molecule has 0 aliphatic rings. The zero-order valence-electron chi connectivity index (χ0n) is 11.1. The predicted molar refractivity (Wildman–Crippen MR) is 79.2 cm³/mol. The third kappa shape index (κ3) is 2.62. The highest BCUT2D eigenvalue weighted by Gasteiger charge is 2.12. The van der Waals surface area contributed by atoms with Crippen molar-refractivity contribution in [3.8, 4) is 22.4 Å². The van der Waals surface area contributed by atoms with Crippen molar-refractivity contribution in [3.63, 3.8) is 0 Å². The molecule has 0 bridgehead atoms. The fourth-order valence-electron chi connectivity index (χ4n) is 2.07. The molecule has 3 rings (SSSR count). The third-order valence-corrected chi connectivity index (χ3v) is 3.06. The molecule has 102 valence electrons. The lowest BCUT2D eigenvalue weighted by Crippen LogP contribution is -2.13. The van der Waals surface area contributed by atoms with Gasteiger partial charge in [0.2, 0.25) is 0 Å². The van der Waals surface area contributed by atoms with Crippen LogP contribution in [0.2, 0.25) is 0 Å². The summed E-state index contributed by atoms with van der Waals surface area (Å²) in [6, 6.07) is 10.9. The first-order chi connectivity index (χ1) is 10.3. The van der Waals surface area contributed by atoms with Crippen LogP contribution >= 0.6 is 0 Å². The first-order valence-corrected chi connectivity index (χ1v) is 6.37. The van der Waals surface area contributed by atoms with E-state index < -0.39 is 5.91 Å². The van der Waals surface area contributed by atoms with E-state index in [0.29, 0.717) is 5.69 Å². The van der Waals surface area contributed by atoms with Crippen molar-refractivity contribution in [1.82, 2.24) is 15.0 Å². The Labute approximate surface area is 121 Å².